The van der Waals surface area contributed by atoms with Gasteiger partial charge < -0.3 is 28.6 Å². The van der Waals surface area contributed by atoms with E-state index in [2.05, 4.69) is 4.90 Å². The molecule has 0 radical (unpaired) electrons. The molecule has 0 unspecified atom stereocenters. The molecular weight excluding hydrogens is 362 g/mol. The van der Waals surface area contributed by atoms with Crippen LogP contribution in [0.2, 0.25) is 0 Å². The number of carbonyl (C=O) groups is 1. The van der Waals surface area contributed by atoms with E-state index in [-0.39, 0.29) is 13.6 Å². The van der Waals surface area contributed by atoms with Crippen molar-refractivity contribution < 1.29 is 28.5 Å². The highest BCUT2D eigenvalue weighted by molar-refractivity contribution is 6.08. The van der Waals surface area contributed by atoms with E-state index in [9.17, 15) is 4.79 Å². The second-order valence-corrected chi connectivity index (χ2v) is 7.08. The van der Waals surface area contributed by atoms with Gasteiger partial charge in [0.25, 0.3) is 0 Å². The molecule has 0 saturated heterocycles. The molecule has 0 spiro atoms. The molecule has 2 aromatic rings. The maximum atomic E-state index is 12.5. The first-order valence-electron chi connectivity index (χ1n) is 9.04. The number of fused-ring (bicyclic) bond motifs is 4. The molecule has 2 aromatic carbocycles. The van der Waals surface area contributed by atoms with Gasteiger partial charge in [0.2, 0.25) is 13.6 Å². The Bertz CT molecular complexity index is 1010. The molecule has 7 nitrogen and oxygen atoms in total. The number of carbonyl (C=O) groups excluding carboxylic acids is 1. The van der Waals surface area contributed by atoms with Crippen LogP contribution in [0, 0.1) is 0 Å². The molecule has 0 aromatic heterocycles. The minimum absolute atomic E-state index is 0.106. The molecule has 0 amide bonds. The van der Waals surface area contributed by atoms with E-state index in [1.807, 2.05) is 38.4 Å². The molecule has 5 rings (SSSR count). The van der Waals surface area contributed by atoms with E-state index in [4.69, 9.17) is 23.7 Å². The van der Waals surface area contributed by atoms with Crippen LogP contribution in [-0.2, 0) is 11.2 Å². The molecule has 3 heterocycles. The van der Waals surface area contributed by atoms with Gasteiger partial charge in [-0.3, -0.25) is 0 Å². The molecule has 0 aliphatic carbocycles. The van der Waals surface area contributed by atoms with Crippen molar-refractivity contribution in [1.82, 2.24) is 4.90 Å². The van der Waals surface area contributed by atoms with Gasteiger partial charge >= 0.3 is 5.97 Å². The lowest BCUT2D eigenvalue weighted by Crippen LogP contribution is -2.15. The Balaban J connectivity index is 1.58. The average molecular weight is 381 g/mol. The fourth-order valence-electron chi connectivity index (χ4n) is 3.53. The van der Waals surface area contributed by atoms with E-state index >= 15 is 0 Å². The average Bonchev–Trinajstić information content (AvgIpc) is 3.38. The van der Waals surface area contributed by atoms with Crippen LogP contribution in [0.5, 0.6) is 23.0 Å². The zero-order valence-electron chi connectivity index (χ0n) is 15.6. The summed E-state index contributed by atoms with van der Waals surface area (Å²) in [6.07, 6.45) is 2.70. The summed E-state index contributed by atoms with van der Waals surface area (Å²) in [5, 5.41) is 0. The number of esters is 1. The number of rotatable bonds is 4. The van der Waals surface area contributed by atoms with Gasteiger partial charge in [0.1, 0.15) is 11.3 Å². The summed E-state index contributed by atoms with van der Waals surface area (Å²) in [5.74, 6) is 2.50. The maximum Gasteiger partial charge on any atom is 0.348 e. The highest BCUT2D eigenvalue weighted by Gasteiger charge is 2.34. The number of hydrogen-bond donors (Lipinski definition) is 0. The lowest BCUT2D eigenvalue weighted by atomic mass is 10.00. The van der Waals surface area contributed by atoms with Crippen molar-refractivity contribution in [1.29, 1.82) is 0 Å². The molecule has 3 aliphatic rings. The van der Waals surface area contributed by atoms with Crippen molar-refractivity contribution in [3.8, 4) is 23.0 Å². The number of cyclic esters (lactones) is 1. The number of hydrogen-bond acceptors (Lipinski definition) is 7. The van der Waals surface area contributed by atoms with Crippen LogP contribution in [0.1, 0.15) is 27.0 Å². The highest BCUT2D eigenvalue weighted by atomic mass is 16.7. The van der Waals surface area contributed by atoms with E-state index < -0.39 is 5.97 Å². The minimum atomic E-state index is -0.431. The standard InChI is InChI=1S/C21H19NO6/c1-22(2)6-5-12-7-17-18(26-10-25-17)9-13(12)8-16-14-3-4-15-20(27-11-24-15)19(14)21(23)28-16/h3-4,7-9H,5-6,10-11H2,1-2H3. The summed E-state index contributed by atoms with van der Waals surface area (Å²) in [7, 11) is 4.06. The Kier molecular flexibility index (Phi) is 3.91. The molecular formula is C21H19NO6. The van der Waals surface area contributed by atoms with Gasteiger partial charge in [0.15, 0.2) is 23.0 Å². The number of likely N-dealkylation sites (N-methyl/N-ethyl adjacent to an activating group) is 1. The van der Waals surface area contributed by atoms with Crippen LogP contribution < -0.4 is 18.9 Å². The lowest BCUT2D eigenvalue weighted by Gasteiger charge is -2.13. The van der Waals surface area contributed by atoms with Crippen LogP contribution in [0.25, 0.3) is 11.8 Å². The first-order chi connectivity index (χ1) is 13.6. The molecule has 3 aliphatic heterocycles. The monoisotopic (exact) mass is 381 g/mol. The topological polar surface area (TPSA) is 66.5 Å². The fourth-order valence-corrected chi connectivity index (χ4v) is 3.53. The number of ether oxygens (including phenoxy) is 5. The van der Waals surface area contributed by atoms with Crippen molar-refractivity contribution in [2.75, 3.05) is 34.2 Å². The minimum Gasteiger partial charge on any atom is -0.454 e. The third-order valence-electron chi connectivity index (χ3n) is 4.96. The van der Waals surface area contributed by atoms with Gasteiger partial charge in [-0.2, -0.15) is 0 Å². The van der Waals surface area contributed by atoms with E-state index in [1.54, 1.807) is 6.07 Å². The summed E-state index contributed by atoms with van der Waals surface area (Å²) >= 11 is 0. The quantitative estimate of drug-likeness (QED) is 0.755. The third-order valence-corrected chi connectivity index (χ3v) is 4.96. The van der Waals surface area contributed by atoms with Crippen LogP contribution >= 0.6 is 0 Å². The summed E-state index contributed by atoms with van der Waals surface area (Å²) < 4.78 is 27.4. The normalized spacial score (nSPS) is 17.4. The van der Waals surface area contributed by atoms with Crippen molar-refractivity contribution in [2.24, 2.45) is 0 Å². The van der Waals surface area contributed by atoms with Crippen LogP contribution in [0.15, 0.2) is 24.3 Å². The van der Waals surface area contributed by atoms with Crippen LogP contribution in [0.3, 0.4) is 0 Å². The molecule has 0 saturated carbocycles. The zero-order valence-corrected chi connectivity index (χ0v) is 15.6. The fraction of sp³-hybridized carbons (Fsp3) is 0.286. The van der Waals surface area contributed by atoms with Gasteiger partial charge in [-0.1, -0.05) is 0 Å². The first kappa shape index (κ1) is 16.9. The van der Waals surface area contributed by atoms with Crippen molar-refractivity contribution >= 4 is 17.8 Å². The number of benzene rings is 2. The third kappa shape index (κ3) is 2.75. The Morgan fingerprint density at radius 3 is 2.57 bits per heavy atom. The second-order valence-electron chi connectivity index (χ2n) is 7.08. The Labute approximate surface area is 162 Å². The van der Waals surface area contributed by atoms with Crippen molar-refractivity contribution in [3.63, 3.8) is 0 Å². The van der Waals surface area contributed by atoms with Crippen molar-refractivity contribution in [2.45, 2.75) is 6.42 Å². The van der Waals surface area contributed by atoms with E-state index in [1.165, 1.54) is 0 Å². The first-order valence-corrected chi connectivity index (χ1v) is 9.04. The largest absolute Gasteiger partial charge is 0.454 e. The molecule has 0 fully saturated rings. The molecule has 144 valence electrons. The van der Waals surface area contributed by atoms with Gasteiger partial charge in [-0.15, -0.1) is 0 Å². The Morgan fingerprint density at radius 2 is 1.75 bits per heavy atom. The molecule has 7 heteroatoms. The number of nitrogens with zero attached hydrogens (tertiary/aromatic N) is 1. The summed E-state index contributed by atoms with van der Waals surface area (Å²) in [6, 6.07) is 7.55. The van der Waals surface area contributed by atoms with Crippen molar-refractivity contribution in [3.05, 3.63) is 46.5 Å². The second kappa shape index (κ2) is 6.45. The molecule has 0 bridgehead atoms. The van der Waals surface area contributed by atoms with Gasteiger partial charge in [-0.25, -0.2) is 4.79 Å². The Morgan fingerprint density at radius 1 is 1.00 bits per heavy atom. The van der Waals surface area contributed by atoms with Gasteiger partial charge in [0.05, 0.1) is 0 Å². The van der Waals surface area contributed by atoms with Gasteiger partial charge in [-0.05, 0) is 62.0 Å². The SMILES string of the molecule is CN(C)CCc1cc2c(cc1C=C1OC(=O)c3c1ccc1c3OCO1)OCO2. The predicted octanol–water partition coefficient (Wildman–Crippen LogP) is 2.92. The zero-order chi connectivity index (χ0) is 19.3. The maximum absolute atomic E-state index is 12.5. The van der Waals surface area contributed by atoms with Crippen LogP contribution in [-0.4, -0.2) is 45.1 Å². The van der Waals surface area contributed by atoms with Gasteiger partial charge in [0, 0.05) is 12.1 Å². The predicted molar refractivity (Wildman–Crippen MR) is 101 cm³/mol. The van der Waals surface area contributed by atoms with E-state index in [0.29, 0.717) is 34.1 Å². The highest BCUT2D eigenvalue weighted by Crippen LogP contribution is 2.45. The lowest BCUT2D eigenvalue weighted by molar-refractivity contribution is 0.0713. The Hall–Kier alpha value is -3.19. The smallest absolute Gasteiger partial charge is 0.348 e. The van der Waals surface area contributed by atoms with E-state index in [0.717, 1.165) is 29.8 Å². The summed E-state index contributed by atoms with van der Waals surface area (Å²) in [5.41, 5.74) is 3.14. The molecule has 0 N–H and O–H groups in total. The van der Waals surface area contributed by atoms with Crippen LogP contribution in [0.4, 0.5) is 0 Å². The summed E-state index contributed by atoms with van der Waals surface area (Å²) in [4.78, 5) is 14.6. The molecule has 28 heavy (non-hydrogen) atoms. The molecule has 0 atom stereocenters. The summed E-state index contributed by atoms with van der Waals surface area (Å²) in [6.45, 7) is 1.20.